The van der Waals surface area contributed by atoms with Crippen molar-refractivity contribution in [2.45, 2.75) is 140 Å². The van der Waals surface area contributed by atoms with Gasteiger partial charge in [0.05, 0.1) is 51.4 Å². The van der Waals surface area contributed by atoms with Crippen LogP contribution in [0, 0.1) is 0 Å². The third kappa shape index (κ3) is 12.1. The van der Waals surface area contributed by atoms with Gasteiger partial charge in [-0.3, -0.25) is 9.59 Å². The maximum atomic E-state index is 13.7. The predicted molar refractivity (Wildman–Crippen MR) is 228 cm³/mol. The van der Waals surface area contributed by atoms with Crippen LogP contribution in [-0.2, 0) is 70.2 Å². The van der Waals surface area contributed by atoms with Crippen LogP contribution in [0.25, 0.3) is 0 Å². The van der Waals surface area contributed by atoms with Crippen molar-refractivity contribution in [3.8, 4) is 0 Å². The second-order valence-corrected chi connectivity index (χ2v) is 16.7. The summed E-state index contributed by atoms with van der Waals surface area (Å²) in [6, 6.07) is 22.3. The lowest BCUT2D eigenvalue weighted by molar-refractivity contribution is -0.223. The Hall–Kier alpha value is -5.18. The summed E-state index contributed by atoms with van der Waals surface area (Å²) in [5.74, 6) is -3.00. The SMILES string of the molecule is CCOC(=O)CC(NC(=O)Nc1cccc(NC(=O)NC(CC(=O)OCC)C2O[C@H]3OC(C)(C)O[C@H]3[C@@H]2OCc2ccccc2)c1)C1O[C@H]2OC(C)(C)O[C@H]2[C@@H]1OCc1ccccc1. The zero-order valence-electron chi connectivity index (χ0n) is 36.8. The zero-order chi connectivity index (χ0) is 45.4. The topological polar surface area (TPSA) is 209 Å². The molecule has 0 bridgehead atoms. The van der Waals surface area contributed by atoms with Crippen LogP contribution in [0.5, 0.6) is 0 Å². The summed E-state index contributed by atoms with van der Waals surface area (Å²) in [5.41, 5.74) is 2.43. The van der Waals surface area contributed by atoms with E-state index >= 15 is 0 Å². The first kappa shape index (κ1) is 46.8. The van der Waals surface area contributed by atoms with Gasteiger partial charge in [-0.2, -0.15) is 0 Å². The quantitative estimate of drug-likeness (QED) is 0.116. The molecular formula is C46H58N4O14. The van der Waals surface area contributed by atoms with Crippen molar-refractivity contribution in [1.29, 1.82) is 0 Å². The van der Waals surface area contributed by atoms with E-state index in [0.717, 1.165) is 11.1 Å². The third-order valence-corrected chi connectivity index (χ3v) is 10.8. The second kappa shape index (κ2) is 20.8. The van der Waals surface area contributed by atoms with Crippen LogP contribution in [-0.4, -0.2) is 110 Å². The number of fused-ring (bicyclic) bond motifs is 2. The van der Waals surface area contributed by atoms with Gasteiger partial charge in [0, 0.05) is 11.4 Å². The molecule has 3 aromatic carbocycles. The number of anilines is 2. The van der Waals surface area contributed by atoms with E-state index in [1.165, 1.54) is 6.07 Å². The maximum absolute atomic E-state index is 13.7. The molecule has 4 aliphatic heterocycles. The smallest absolute Gasteiger partial charge is 0.319 e. The molecule has 18 nitrogen and oxygen atoms in total. The summed E-state index contributed by atoms with van der Waals surface area (Å²) < 4.78 is 60.4. The normalized spacial score (nSPS) is 27.1. The second-order valence-electron chi connectivity index (χ2n) is 16.7. The molecule has 4 fully saturated rings. The number of carbonyl (C=O) groups is 4. The number of esters is 2. The number of rotatable bonds is 18. The molecule has 346 valence electrons. The van der Waals surface area contributed by atoms with Crippen molar-refractivity contribution in [3.05, 3.63) is 96.1 Å². The fourth-order valence-corrected chi connectivity index (χ4v) is 8.21. The molecule has 0 saturated carbocycles. The van der Waals surface area contributed by atoms with Crippen LogP contribution < -0.4 is 21.3 Å². The number of hydrogen-bond acceptors (Lipinski definition) is 14. The summed E-state index contributed by atoms with van der Waals surface area (Å²) in [7, 11) is 0. The Morgan fingerprint density at radius 2 is 0.984 bits per heavy atom. The molecule has 4 unspecified atom stereocenters. The summed E-state index contributed by atoms with van der Waals surface area (Å²) in [6.45, 7) is 11.2. The van der Waals surface area contributed by atoms with E-state index in [1.54, 1.807) is 59.7 Å². The number of ether oxygens (including phenoxy) is 10. The standard InChI is InChI=1S/C46H58N4O14/c1-7-55-33(51)23-31(35-37(57-25-27-16-11-9-12-17-27)39-41(59-35)63-45(3,4)61-39)49-43(53)47-29-20-15-21-30(22-29)48-44(54)50-32(24-34(52)56-8-2)36-38(58-26-28-18-13-10-14-19-28)40-42(60-36)64-46(5,6)62-40/h9-22,31-32,35-42H,7-8,23-26H2,1-6H3,(H2,47,49,53)(H2,48,50,54)/t31?,32?,35?,36?,37-,38-,39+,40+,41+,42+/m1/s1. The molecule has 4 aliphatic rings. The van der Waals surface area contributed by atoms with Crippen LogP contribution in [0.3, 0.4) is 0 Å². The van der Waals surface area contributed by atoms with Gasteiger partial charge in [-0.05, 0) is 70.9 Å². The molecule has 3 aromatic rings. The van der Waals surface area contributed by atoms with E-state index in [9.17, 15) is 19.2 Å². The number of benzene rings is 3. The average Bonchev–Trinajstić information content (AvgIpc) is 3.94. The van der Waals surface area contributed by atoms with Crippen LogP contribution in [0.2, 0.25) is 0 Å². The Morgan fingerprint density at radius 1 is 0.578 bits per heavy atom. The molecular weight excluding hydrogens is 833 g/mol. The summed E-state index contributed by atoms with van der Waals surface area (Å²) >= 11 is 0. The molecule has 4 heterocycles. The Balaban J connectivity index is 1.03. The molecule has 0 aliphatic carbocycles. The lowest BCUT2D eigenvalue weighted by atomic mass is 10.0. The Labute approximate surface area is 372 Å². The first-order valence-corrected chi connectivity index (χ1v) is 21.6. The predicted octanol–water partition coefficient (Wildman–Crippen LogP) is 5.50. The minimum atomic E-state index is -0.946. The summed E-state index contributed by atoms with van der Waals surface area (Å²) in [6.07, 6.45) is -6.64. The molecule has 4 N–H and O–H groups in total. The van der Waals surface area contributed by atoms with Gasteiger partial charge in [-0.1, -0.05) is 66.7 Å². The largest absolute Gasteiger partial charge is 0.466 e. The average molecular weight is 891 g/mol. The highest BCUT2D eigenvalue weighted by Gasteiger charge is 2.59. The van der Waals surface area contributed by atoms with Crippen molar-refractivity contribution in [1.82, 2.24) is 10.6 Å². The first-order chi connectivity index (χ1) is 30.7. The van der Waals surface area contributed by atoms with Crippen LogP contribution in [0.4, 0.5) is 21.0 Å². The highest BCUT2D eigenvalue weighted by molar-refractivity contribution is 5.93. The summed E-state index contributed by atoms with van der Waals surface area (Å²) in [5, 5.41) is 11.3. The summed E-state index contributed by atoms with van der Waals surface area (Å²) in [4.78, 5) is 53.3. The van der Waals surface area contributed by atoms with Gasteiger partial charge in [-0.25, -0.2) is 9.59 Å². The van der Waals surface area contributed by atoms with Gasteiger partial charge in [0.25, 0.3) is 0 Å². The molecule has 0 spiro atoms. The lowest BCUT2D eigenvalue weighted by Crippen LogP contribution is -2.52. The highest BCUT2D eigenvalue weighted by atomic mass is 16.9. The van der Waals surface area contributed by atoms with Crippen LogP contribution in [0.1, 0.15) is 65.5 Å². The molecule has 4 amide bonds. The molecule has 10 atom stereocenters. The highest BCUT2D eigenvalue weighted by Crippen LogP contribution is 2.42. The molecule has 64 heavy (non-hydrogen) atoms. The van der Waals surface area contributed by atoms with Crippen molar-refractivity contribution in [2.75, 3.05) is 23.8 Å². The molecule has 7 rings (SSSR count). The Kier molecular flexibility index (Phi) is 15.2. The molecule has 4 saturated heterocycles. The monoisotopic (exact) mass is 890 g/mol. The fraction of sp³-hybridized carbons (Fsp3) is 0.522. The van der Waals surface area contributed by atoms with Crippen molar-refractivity contribution >= 4 is 35.4 Å². The van der Waals surface area contributed by atoms with Gasteiger partial charge in [0.1, 0.15) is 36.6 Å². The number of urea groups is 2. The fourth-order valence-electron chi connectivity index (χ4n) is 8.21. The maximum Gasteiger partial charge on any atom is 0.319 e. The lowest BCUT2D eigenvalue weighted by Gasteiger charge is -2.31. The van der Waals surface area contributed by atoms with E-state index in [4.69, 9.17) is 47.4 Å². The Bertz CT molecular complexity index is 1920. The van der Waals surface area contributed by atoms with E-state index < -0.39 is 96.9 Å². The number of carbonyl (C=O) groups excluding carboxylic acids is 4. The molecule has 18 heteroatoms. The zero-order valence-corrected chi connectivity index (χ0v) is 36.8. The van der Waals surface area contributed by atoms with Crippen molar-refractivity contribution in [2.24, 2.45) is 0 Å². The first-order valence-electron chi connectivity index (χ1n) is 21.6. The number of amides is 4. The van der Waals surface area contributed by atoms with Gasteiger partial charge in [-0.15, -0.1) is 0 Å². The van der Waals surface area contributed by atoms with E-state index in [0.29, 0.717) is 11.4 Å². The third-order valence-electron chi connectivity index (χ3n) is 10.8. The molecule has 0 radical (unpaired) electrons. The number of hydrogen-bond donors (Lipinski definition) is 4. The Morgan fingerprint density at radius 3 is 1.38 bits per heavy atom. The molecule has 0 aromatic heterocycles. The van der Waals surface area contributed by atoms with Crippen molar-refractivity contribution < 1.29 is 66.5 Å². The van der Waals surface area contributed by atoms with Crippen LogP contribution in [0.15, 0.2) is 84.9 Å². The van der Waals surface area contributed by atoms with Gasteiger partial charge < -0.3 is 68.6 Å². The van der Waals surface area contributed by atoms with E-state index in [1.807, 2.05) is 60.7 Å². The van der Waals surface area contributed by atoms with Gasteiger partial charge >= 0.3 is 24.0 Å². The number of nitrogens with one attached hydrogen (secondary N) is 4. The van der Waals surface area contributed by atoms with E-state index in [2.05, 4.69) is 21.3 Å². The van der Waals surface area contributed by atoms with Crippen LogP contribution >= 0.6 is 0 Å². The van der Waals surface area contributed by atoms with Gasteiger partial charge in [0.2, 0.25) is 0 Å². The minimum Gasteiger partial charge on any atom is -0.466 e. The van der Waals surface area contributed by atoms with Gasteiger partial charge in [0.15, 0.2) is 24.2 Å². The van der Waals surface area contributed by atoms with E-state index in [-0.39, 0.29) is 39.3 Å². The van der Waals surface area contributed by atoms with Crippen molar-refractivity contribution in [3.63, 3.8) is 0 Å². The minimum absolute atomic E-state index is 0.137.